The minimum atomic E-state index is -2.15. The summed E-state index contributed by atoms with van der Waals surface area (Å²) < 4.78 is 23.7. The first-order valence-electron chi connectivity index (χ1n) is 3.78. The van der Waals surface area contributed by atoms with E-state index in [0.717, 1.165) is 6.42 Å². The SMILES string of the molecule is CCC(C)C(C)C(F)F.O=C=O. The van der Waals surface area contributed by atoms with Crippen LogP contribution in [0.5, 0.6) is 0 Å². The summed E-state index contributed by atoms with van der Waals surface area (Å²) in [6.07, 6.45) is -1.06. The molecule has 0 amide bonds. The molecule has 12 heavy (non-hydrogen) atoms. The molecular formula is C8H14F2O2. The van der Waals surface area contributed by atoms with E-state index in [1.165, 1.54) is 0 Å². The van der Waals surface area contributed by atoms with Crippen LogP contribution < -0.4 is 0 Å². The fourth-order valence-corrected chi connectivity index (χ4v) is 0.620. The molecule has 0 saturated heterocycles. The highest BCUT2D eigenvalue weighted by atomic mass is 19.3. The van der Waals surface area contributed by atoms with E-state index in [-0.39, 0.29) is 12.1 Å². The van der Waals surface area contributed by atoms with Crippen LogP contribution >= 0.6 is 0 Å². The Hall–Kier alpha value is -0.760. The summed E-state index contributed by atoms with van der Waals surface area (Å²) in [5.74, 6) is -0.306. The number of halogens is 2. The van der Waals surface area contributed by atoms with Crippen molar-refractivity contribution in [3.05, 3.63) is 0 Å². The van der Waals surface area contributed by atoms with Crippen LogP contribution in [-0.4, -0.2) is 12.6 Å². The predicted octanol–water partition coefficient (Wildman–Crippen LogP) is 2.35. The predicted molar refractivity (Wildman–Crippen MR) is 39.6 cm³/mol. The molecule has 0 aliphatic carbocycles. The molecule has 0 aromatic rings. The zero-order valence-electron chi connectivity index (χ0n) is 7.51. The Kier molecular flexibility index (Phi) is 9.59. The van der Waals surface area contributed by atoms with Gasteiger partial charge in [0.05, 0.1) is 0 Å². The maximum atomic E-state index is 11.9. The van der Waals surface area contributed by atoms with Crippen LogP contribution in [0.15, 0.2) is 0 Å². The van der Waals surface area contributed by atoms with Crippen LogP contribution in [0.4, 0.5) is 8.78 Å². The summed E-state index contributed by atoms with van der Waals surface area (Å²) in [4.78, 5) is 16.2. The van der Waals surface area contributed by atoms with Gasteiger partial charge in [-0.3, -0.25) is 0 Å². The maximum Gasteiger partial charge on any atom is 0.373 e. The van der Waals surface area contributed by atoms with Crippen LogP contribution in [0.1, 0.15) is 27.2 Å². The van der Waals surface area contributed by atoms with E-state index >= 15 is 0 Å². The monoisotopic (exact) mass is 180 g/mol. The van der Waals surface area contributed by atoms with E-state index in [0.29, 0.717) is 0 Å². The minimum absolute atomic E-state index is 0.144. The summed E-state index contributed by atoms with van der Waals surface area (Å²) in [6, 6.07) is 0. The molecule has 0 bridgehead atoms. The zero-order chi connectivity index (χ0) is 10.1. The Morgan fingerprint density at radius 3 is 1.67 bits per heavy atom. The second kappa shape index (κ2) is 8.34. The van der Waals surface area contributed by atoms with Crippen molar-refractivity contribution in [3.8, 4) is 0 Å². The Morgan fingerprint density at radius 1 is 1.25 bits per heavy atom. The molecule has 2 atom stereocenters. The lowest BCUT2D eigenvalue weighted by molar-refractivity contribution is -0.191. The largest absolute Gasteiger partial charge is 0.373 e. The molecule has 0 aliphatic heterocycles. The van der Waals surface area contributed by atoms with Crippen molar-refractivity contribution in [2.24, 2.45) is 11.8 Å². The van der Waals surface area contributed by atoms with Crippen molar-refractivity contribution in [2.75, 3.05) is 0 Å². The Bertz CT molecular complexity index is 131. The number of carbonyl (C=O) groups excluding carboxylic acids is 2. The zero-order valence-corrected chi connectivity index (χ0v) is 7.51. The van der Waals surface area contributed by atoms with Gasteiger partial charge in [0.2, 0.25) is 6.43 Å². The van der Waals surface area contributed by atoms with Gasteiger partial charge in [-0.25, -0.2) is 8.78 Å². The molecular weight excluding hydrogens is 166 g/mol. The number of alkyl halides is 2. The summed E-state index contributed by atoms with van der Waals surface area (Å²) >= 11 is 0. The normalized spacial score (nSPS) is 14.2. The molecule has 0 aromatic carbocycles. The average Bonchev–Trinajstić information content (AvgIpc) is 2.03. The van der Waals surface area contributed by atoms with E-state index < -0.39 is 12.3 Å². The van der Waals surface area contributed by atoms with Crippen molar-refractivity contribution in [3.63, 3.8) is 0 Å². The van der Waals surface area contributed by atoms with Gasteiger partial charge in [-0.05, 0) is 5.92 Å². The summed E-state index contributed by atoms with van der Waals surface area (Å²) in [5, 5.41) is 0. The van der Waals surface area contributed by atoms with Gasteiger partial charge in [0.15, 0.2) is 0 Å². The molecule has 2 nitrogen and oxygen atoms in total. The lowest BCUT2D eigenvalue weighted by atomic mass is 9.94. The first-order valence-corrected chi connectivity index (χ1v) is 3.78. The van der Waals surface area contributed by atoms with Gasteiger partial charge in [0.25, 0.3) is 0 Å². The Balaban J connectivity index is 0. The molecule has 0 spiro atoms. The first-order chi connectivity index (χ1) is 5.51. The second-order valence-corrected chi connectivity index (χ2v) is 2.66. The van der Waals surface area contributed by atoms with Gasteiger partial charge in [0, 0.05) is 5.92 Å². The molecule has 0 aliphatic rings. The van der Waals surface area contributed by atoms with Crippen molar-refractivity contribution in [2.45, 2.75) is 33.6 Å². The maximum absolute atomic E-state index is 11.9. The highest BCUT2D eigenvalue weighted by molar-refractivity contribution is 5.20. The molecule has 0 N–H and O–H groups in total. The fraction of sp³-hybridized carbons (Fsp3) is 0.875. The van der Waals surface area contributed by atoms with E-state index in [9.17, 15) is 8.78 Å². The highest BCUT2D eigenvalue weighted by Gasteiger charge is 2.19. The quantitative estimate of drug-likeness (QED) is 0.668. The van der Waals surface area contributed by atoms with E-state index in [1.54, 1.807) is 6.92 Å². The number of hydrogen-bond acceptors (Lipinski definition) is 2. The molecule has 0 radical (unpaired) electrons. The van der Waals surface area contributed by atoms with Gasteiger partial charge < -0.3 is 0 Å². The summed E-state index contributed by atoms with van der Waals surface area (Å²) in [5.41, 5.74) is 0. The molecule has 0 heterocycles. The Morgan fingerprint density at radius 2 is 1.58 bits per heavy atom. The third-order valence-electron chi connectivity index (χ3n) is 1.94. The summed E-state index contributed by atoms with van der Waals surface area (Å²) in [6.45, 7) is 5.39. The standard InChI is InChI=1S/C7H14F2.CO2/c1-4-5(2)6(3)7(8)9;2-1-3/h5-7H,4H2,1-3H3;. The third-order valence-corrected chi connectivity index (χ3v) is 1.94. The average molecular weight is 180 g/mol. The van der Waals surface area contributed by atoms with Crippen molar-refractivity contribution < 1.29 is 18.4 Å². The van der Waals surface area contributed by atoms with Crippen LogP contribution in [0.2, 0.25) is 0 Å². The second-order valence-electron chi connectivity index (χ2n) is 2.66. The minimum Gasteiger partial charge on any atom is -0.210 e. The molecule has 72 valence electrons. The molecule has 2 unspecified atom stereocenters. The molecule has 0 aromatic heterocycles. The number of hydrogen-bond donors (Lipinski definition) is 0. The van der Waals surface area contributed by atoms with E-state index in [1.807, 2.05) is 13.8 Å². The molecule has 4 heteroatoms. The number of rotatable bonds is 3. The molecule has 0 saturated carbocycles. The van der Waals surface area contributed by atoms with Crippen molar-refractivity contribution in [1.82, 2.24) is 0 Å². The van der Waals surface area contributed by atoms with E-state index in [2.05, 4.69) is 0 Å². The van der Waals surface area contributed by atoms with Crippen LogP contribution in [0.3, 0.4) is 0 Å². The van der Waals surface area contributed by atoms with Gasteiger partial charge in [-0.1, -0.05) is 27.2 Å². The van der Waals surface area contributed by atoms with Crippen molar-refractivity contribution in [1.29, 1.82) is 0 Å². The highest BCUT2D eigenvalue weighted by Crippen LogP contribution is 2.20. The van der Waals surface area contributed by atoms with Gasteiger partial charge in [-0.2, -0.15) is 9.59 Å². The van der Waals surface area contributed by atoms with Crippen LogP contribution in [0.25, 0.3) is 0 Å². The van der Waals surface area contributed by atoms with Gasteiger partial charge in [-0.15, -0.1) is 0 Å². The van der Waals surface area contributed by atoms with Gasteiger partial charge in [0.1, 0.15) is 0 Å². The fourth-order valence-electron chi connectivity index (χ4n) is 0.620. The van der Waals surface area contributed by atoms with Crippen molar-refractivity contribution >= 4 is 6.15 Å². The molecule has 0 rings (SSSR count). The lowest BCUT2D eigenvalue weighted by Crippen LogP contribution is -2.15. The Labute approximate surface area is 71.0 Å². The topological polar surface area (TPSA) is 34.1 Å². The first kappa shape index (κ1) is 13.8. The van der Waals surface area contributed by atoms with Gasteiger partial charge >= 0.3 is 6.15 Å². The molecule has 0 fully saturated rings. The third kappa shape index (κ3) is 7.35. The summed E-state index contributed by atoms with van der Waals surface area (Å²) in [7, 11) is 0. The van der Waals surface area contributed by atoms with E-state index in [4.69, 9.17) is 9.59 Å². The lowest BCUT2D eigenvalue weighted by Gasteiger charge is -2.16. The van der Waals surface area contributed by atoms with Crippen LogP contribution in [0, 0.1) is 11.8 Å². The smallest absolute Gasteiger partial charge is 0.210 e. The van der Waals surface area contributed by atoms with Crippen LogP contribution in [-0.2, 0) is 9.59 Å².